The van der Waals surface area contributed by atoms with E-state index in [9.17, 15) is 9.59 Å². The quantitative estimate of drug-likeness (QED) is 0.497. The van der Waals surface area contributed by atoms with E-state index in [1.54, 1.807) is 6.07 Å². The minimum absolute atomic E-state index is 0.0178. The van der Waals surface area contributed by atoms with E-state index in [0.717, 1.165) is 0 Å². The second-order valence-electron chi connectivity index (χ2n) is 6.02. The predicted molar refractivity (Wildman–Crippen MR) is 113 cm³/mol. The number of aromatic nitrogens is 4. The Hall–Kier alpha value is -2.95. The molecule has 3 heterocycles. The Labute approximate surface area is 181 Å². The zero-order chi connectivity index (χ0) is 21.7. The van der Waals surface area contributed by atoms with Gasteiger partial charge in [-0.25, -0.2) is 9.97 Å². The number of carbonyl (C=O) groups is 1. The molecule has 0 saturated carbocycles. The van der Waals surface area contributed by atoms with Gasteiger partial charge >= 0.3 is 0 Å². The Kier molecular flexibility index (Phi) is 7.03. The van der Waals surface area contributed by atoms with Gasteiger partial charge in [0.15, 0.2) is 18.2 Å². The highest BCUT2D eigenvalue weighted by Gasteiger charge is 2.14. The summed E-state index contributed by atoms with van der Waals surface area (Å²) in [4.78, 5) is 36.5. The van der Waals surface area contributed by atoms with Crippen molar-refractivity contribution in [2.75, 3.05) is 32.7 Å². The lowest BCUT2D eigenvalue weighted by Crippen LogP contribution is -2.29. The van der Waals surface area contributed by atoms with E-state index in [0.29, 0.717) is 29.1 Å². The molecule has 0 spiro atoms. The molecule has 30 heavy (non-hydrogen) atoms. The van der Waals surface area contributed by atoms with Crippen LogP contribution in [-0.4, -0.2) is 52.8 Å². The number of ether oxygens (including phenoxy) is 2. The maximum Gasteiger partial charge on any atom is 0.294 e. The Morgan fingerprint density at radius 1 is 1.23 bits per heavy atom. The molecule has 0 unspecified atom stereocenters. The van der Waals surface area contributed by atoms with Crippen LogP contribution in [0.4, 0.5) is 11.5 Å². The van der Waals surface area contributed by atoms with Crippen molar-refractivity contribution in [2.45, 2.75) is 6.54 Å². The molecule has 0 atom stereocenters. The molecule has 3 rings (SSSR count). The Morgan fingerprint density at radius 3 is 2.77 bits per heavy atom. The van der Waals surface area contributed by atoms with Gasteiger partial charge in [-0.3, -0.25) is 14.2 Å². The number of anilines is 2. The highest BCUT2D eigenvalue weighted by Crippen LogP contribution is 2.26. The maximum atomic E-state index is 12.8. The molecule has 0 aliphatic heterocycles. The molecule has 0 fully saturated rings. The molecular formula is C18H18Cl2N6O4. The molecular weight excluding hydrogens is 435 g/mol. The molecule has 0 bridgehead atoms. The first-order chi connectivity index (χ1) is 14.4. The van der Waals surface area contributed by atoms with Crippen LogP contribution < -0.4 is 20.9 Å². The number of hydrogen-bond donors (Lipinski definition) is 2. The largest absolute Gasteiger partial charge is 0.478 e. The van der Waals surface area contributed by atoms with Crippen molar-refractivity contribution in [2.24, 2.45) is 0 Å². The monoisotopic (exact) mass is 452 g/mol. The van der Waals surface area contributed by atoms with Crippen molar-refractivity contribution in [1.29, 1.82) is 0 Å². The van der Waals surface area contributed by atoms with Crippen LogP contribution in [0.2, 0.25) is 10.3 Å². The van der Waals surface area contributed by atoms with Crippen molar-refractivity contribution >= 4 is 51.6 Å². The number of nitrogens with zero attached hydrogens (tertiary/aromatic N) is 4. The number of halogens is 2. The van der Waals surface area contributed by atoms with E-state index in [2.05, 4.69) is 25.6 Å². The summed E-state index contributed by atoms with van der Waals surface area (Å²) in [7, 11) is 3.01. The molecule has 0 aromatic carbocycles. The second kappa shape index (κ2) is 9.70. The number of amides is 1. The van der Waals surface area contributed by atoms with Gasteiger partial charge in [0.25, 0.3) is 11.5 Å². The Balaban J connectivity index is 2.03. The molecule has 3 aromatic heterocycles. The first-order valence-corrected chi connectivity index (χ1v) is 9.49. The summed E-state index contributed by atoms with van der Waals surface area (Å²) in [6, 6.07) is 3.26. The number of carbonyl (C=O) groups excluding carboxylic acids is 1. The zero-order valence-corrected chi connectivity index (χ0v) is 17.6. The number of methoxy groups -OCH3 is 1. The van der Waals surface area contributed by atoms with Gasteiger partial charge in [-0.15, -0.1) is 0 Å². The first-order valence-electron chi connectivity index (χ1n) is 8.74. The fourth-order valence-electron chi connectivity index (χ4n) is 2.59. The molecule has 10 nitrogen and oxygen atoms in total. The molecule has 0 aliphatic rings. The highest BCUT2D eigenvalue weighted by atomic mass is 35.5. The number of fused-ring (bicyclic) bond motifs is 1. The lowest BCUT2D eigenvalue weighted by atomic mass is 10.2. The van der Waals surface area contributed by atoms with Gasteiger partial charge in [-0.1, -0.05) is 11.6 Å². The maximum absolute atomic E-state index is 12.8. The fraction of sp³-hybridized carbons (Fsp3) is 0.278. The molecule has 0 radical (unpaired) electrons. The predicted octanol–water partition coefficient (Wildman–Crippen LogP) is 2.01. The third-order valence-corrected chi connectivity index (χ3v) is 4.49. The molecule has 0 aliphatic carbocycles. The van der Waals surface area contributed by atoms with E-state index in [4.69, 9.17) is 32.7 Å². The molecule has 158 valence electrons. The van der Waals surface area contributed by atoms with E-state index >= 15 is 0 Å². The van der Waals surface area contributed by atoms with Crippen molar-refractivity contribution in [1.82, 2.24) is 24.8 Å². The summed E-state index contributed by atoms with van der Waals surface area (Å²) in [5, 5.41) is 6.36. The van der Waals surface area contributed by atoms with E-state index in [-0.39, 0.29) is 35.1 Å². The first kappa shape index (κ1) is 21.8. The van der Waals surface area contributed by atoms with Gasteiger partial charge in [0.1, 0.15) is 10.7 Å². The Bertz CT molecular complexity index is 1140. The Morgan fingerprint density at radius 2 is 2.03 bits per heavy atom. The van der Waals surface area contributed by atoms with E-state index in [1.165, 1.54) is 37.2 Å². The topological polar surface area (TPSA) is 120 Å². The van der Waals surface area contributed by atoms with Crippen LogP contribution in [0.5, 0.6) is 5.75 Å². The van der Waals surface area contributed by atoms with Gasteiger partial charge in [0.05, 0.1) is 31.2 Å². The molecule has 12 heteroatoms. The smallest absolute Gasteiger partial charge is 0.294 e. The average molecular weight is 453 g/mol. The number of pyridine rings is 2. The minimum Gasteiger partial charge on any atom is -0.478 e. The molecule has 2 N–H and O–H groups in total. The minimum atomic E-state index is -0.415. The summed E-state index contributed by atoms with van der Waals surface area (Å²) in [5.41, 5.74) is 0.567. The van der Waals surface area contributed by atoms with Crippen molar-refractivity contribution in [3.05, 3.63) is 45.2 Å². The van der Waals surface area contributed by atoms with Crippen LogP contribution >= 0.6 is 23.2 Å². The summed E-state index contributed by atoms with van der Waals surface area (Å²) in [5.74, 6) is -0.0346. The number of nitrogens with one attached hydrogen (secondary N) is 2. The van der Waals surface area contributed by atoms with Crippen LogP contribution in [-0.2, 0) is 16.1 Å². The zero-order valence-electron chi connectivity index (χ0n) is 16.1. The van der Waals surface area contributed by atoms with Crippen LogP contribution in [0, 0.1) is 0 Å². The normalized spacial score (nSPS) is 10.8. The fourth-order valence-corrected chi connectivity index (χ4v) is 2.86. The SMILES string of the molecule is CNC(=O)COc1cc2cc(Nc3nc(Cl)ncc3Cl)cnc2n(CCOC)c1=O. The average Bonchev–Trinajstić information content (AvgIpc) is 2.74. The standard InChI is InChI=1S/C18H18Cl2N6O4/c1-21-14(27)9-30-13-6-10-5-11(24-15-12(19)8-23-18(20)25-15)7-22-16(10)26(17(13)28)3-4-29-2/h5-8H,3-4,9H2,1-2H3,(H,21,27)(H,23,24,25). The molecule has 3 aromatic rings. The lowest BCUT2D eigenvalue weighted by Gasteiger charge is -2.14. The number of likely N-dealkylation sites (N-methyl/N-ethyl adjacent to an activating group) is 1. The van der Waals surface area contributed by atoms with E-state index < -0.39 is 5.56 Å². The number of hydrogen-bond acceptors (Lipinski definition) is 8. The van der Waals surface area contributed by atoms with Gasteiger partial charge in [0.2, 0.25) is 5.28 Å². The van der Waals surface area contributed by atoms with Crippen molar-refractivity contribution < 1.29 is 14.3 Å². The van der Waals surface area contributed by atoms with Crippen LogP contribution in [0.3, 0.4) is 0 Å². The van der Waals surface area contributed by atoms with Crippen molar-refractivity contribution in [3.63, 3.8) is 0 Å². The van der Waals surface area contributed by atoms with Gasteiger partial charge in [-0.2, -0.15) is 4.98 Å². The van der Waals surface area contributed by atoms with Crippen molar-refractivity contribution in [3.8, 4) is 5.75 Å². The van der Waals surface area contributed by atoms with Crippen LogP contribution in [0.15, 0.2) is 29.3 Å². The van der Waals surface area contributed by atoms with Gasteiger partial charge in [-0.05, 0) is 23.7 Å². The lowest BCUT2D eigenvalue weighted by molar-refractivity contribution is -0.122. The summed E-state index contributed by atoms with van der Waals surface area (Å²) in [6.45, 7) is 0.267. The third-order valence-electron chi connectivity index (χ3n) is 4.03. The number of rotatable bonds is 8. The van der Waals surface area contributed by atoms with Crippen LogP contribution in [0.25, 0.3) is 11.0 Å². The van der Waals surface area contributed by atoms with E-state index in [1.807, 2.05) is 0 Å². The van der Waals surface area contributed by atoms with Gasteiger partial charge < -0.3 is 20.1 Å². The molecule has 1 amide bonds. The molecule has 0 saturated heterocycles. The summed E-state index contributed by atoms with van der Waals surface area (Å²) in [6.07, 6.45) is 2.91. The highest BCUT2D eigenvalue weighted by molar-refractivity contribution is 6.33. The second-order valence-corrected chi connectivity index (χ2v) is 6.76. The van der Waals surface area contributed by atoms with Gasteiger partial charge in [0, 0.05) is 19.5 Å². The summed E-state index contributed by atoms with van der Waals surface area (Å²) >= 11 is 11.9. The third kappa shape index (κ3) is 4.96. The van der Waals surface area contributed by atoms with Crippen LogP contribution in [0.1, 0.15) is 0 Å². The summed E-state index contributed by atoms with van der Waals surface area (Å²) < 4.78 is 11.9.